The van der Waals surface area contributed by atoms with Crippen molar-refractivity contribution < 1.29 is 4.74 Å². The maximum absolute atomic E-state index is 6.65. The van der Waals surface area contributed by atoms with Crippen LogP contribution in [0.25, 0.3) is 0 Å². The molecular formula is C17H29N3O. The monoisotopic (exact) mass is 291 g/mol. The Morgan fingerprint density at radius 1 is 1.43 bits per heavy atom. The molecule has 21 heavy (non-hydrogen) atoms. The van der Waals surface area contributed by atoms with Gasteiger partial charge in [-0.05, 0) is 51.0 Å². The minimum absolute atomic E-state index is 0.0964. The molecular weight excluding hydrogens is 262 g/mol. The number of nitrogens with two attached hydrogens (primary N) is 1. The van der Waals surface area contributed by atoms with Crippen molar-refractivity contribution in [2.24, 2.45) is 11.7 Å². The summed E-state index contributed by atoms with van der Waals surface area (Å²) in [5.41, 5.74) is 9.17. The van der Waals surface area contributed by atoms with Crippen LogP contribution in [0, 0.1) is 5.92 Å². The van der Waals surface area contributed by atoms with Gasteiger partial charge in [0.05, 0.1) is 17.0 Å². The van der Waals surface area contributed by atoms with E-state index in [1.54, 1.807) is 0 Å². The predicted molar refractivity (Wildman–Crippen MR) is 84.1 cm³/mol. The molecule has 1 aliphatic carbocycles. The van der Waals surface area contributed by atoms with Gasteiger partial charge in [-0.25, -0.2) is 0 Å². The standard InChI is InChI=1S/C17H29N3O/c1-3-14-11-15(20(4-2)19-14)16(18)13-7-10-21-17(12-13)8-5-6-9-17/h11,13,16H,3-10,12,18H2,1-2H3. The molecule has 2 N–H and O–H groups in total. The lowest BCUT2D eigenvalue weighted by Gasteiger charge is -2.40. The van der Waals surface area contributed by atoms with Gasteiger partial charge >= 0.3 is 0 Å². The summed E-state index contributed by atoms with van der Waals surface area (Å²) in [6.07, 6.45) is 8.27. The second-order valence-corrected chi connectivity index (χ2v) is 6.75. The van der Waals surface area contributed by atoms with E-state index in [1.165, 1.54) is 31.4 Å². The second-order valence-electron chi connectivity index (χ2n) is 6.75. The van der Waals surface area contributed by atoms with Crippen LogP contribution in [-0.2, 0) is 17.7 Å². The zero-order valence-corrected chi connectivity index (χ0v) is 13.5. The third-order valence-corrected chi connectivity index (χ3v) is 5.42. The number of hydrogen-bond acceptors (Lipinski definition) is 3. The van der Waals surface area contributed by atoms with E-state index in [2.05, 4.69) is 29.7 Å². The molecule has 1 spiro atoms. The van der Waals surface area contributed by atoms with Crippen LogP contribution in [0.3, 0.4) is 0 Å². The molecule has 118 valence electrons. The van der Waals surface area contributed by atoms with E-state index in [0.29, 0.717) is 5.92 Å². The van der Waals surface area contributed by atoms with Gasteiger partial charge in [-0.1, -0.05) is 19.8 Å². The van der Waals surface area contributed by atoms with E-state index in [-0.39, 0.29) is 11.6 Å². The van der Waals surface area contributed by atoms with Crippen LogP contribution in [-0.4, -0.2) is 22.0 Å². The number of rotatable bonds is 4. The van der Waals surface area contributed by atoms with Gasteiger partial charge in [0, 0.05) is 19.2 Å². The fourth-order valence-electron chi connectivity index (χ4n) is 4.16. The molecule has 0 amide bonds. The highest BCUT2D eigenvalue weighted by Crippen LogP contribution is 2.44. The van der Waals surface area contributed by atoms with E-state index in [0.717, 1.165) is 38.1 Å². The largest absolute Gasteiger partial charge is 0.375 e. The van der Waals surface area contributed by atoms with Gasteiger partial charge < -0.3 is 10.5 Å². The van der Waals surface area contributed by atoms with Gasteiger partial charge in [0.2, 0.25) is 0 Å². The summed E-state index contributed by atoms with van der Waals surface area (Å²) in [6, 6.07) is 2.31. The molecule has 2 atom stereocenters. The van der Waals surface area contributed by atoms with Crippen LogP contribution in [0.4, 0.5) is 0 Å². The van der Waals surface area contributed by atoms with Crippen LogP contribution in [0.5, 0.6) is 0 Å². The Bertz CT molecular complexity index is 476. The van der Waals surface area contributed by atoms with Crippen molar-refractivity contribution in [2.45, 2.75) is 77.0 Å². The van der Waals surface area contributed by atoms with Gasteiger partial charge in [-0.3, -0.25) is 4.68 Å². The average molecular weight is 291 g/mol. The molecule has 1 aromatic heterocycles. The van der Waals surface area contributed by atoms with E-state index < -0.39 is 0 Å². The molecule has 1 aliphatic heterocycles. The molecule has 2 fully saturated rings. The molecule has 2 aliphatic rings. The van der Waals surface area contributed by atoms with Gasteiger partial charge in [-0.2, -0.15) is 5.10 Å². The fourth-order valence-corrected chi connectivity index (χ4v) is 4.16. The molecule has 4 heteroatoms. The van der Waals surface area contributed by atoms with Crippen molar-refractivity contribution in [3.05, 3.63) is 17.5 Å². The highest BCUT2D eigenvalue weighted by Gasteiger charge is 2.42. The maximum atomic E-state index is 6.65. The Kier molecular flexibility index (Phi) is 4.36. The van der Waals surface area contributed by atoms with Crippen molar-refractivity contribution >= 4 is 0 Å². The number of nitrogens with zero attached hydrogens (tertiary/aromatic N) is 2. The summed E-state index contributed by atoms with van der Waals surface area (Å²) in [5.74, 6) is 0.531. The molecule has 1 saturated carbocycles. The number of aromatic nitrogens is 2. The van der Waals surface area contributed by atoms with Crippen LogP contribution >= 0.6 is 0 Å². The summed E-state index contributed by atoms with van der Waals surface area (Å²) in [4.78, 5) is 0. The first-order valence-corrected chi connectivity index (χ1v) is 8.63. The number of ether oxygens (including phenoxy) is 1. The fraction of sp³-hybridized carbons (Fsp3) is 0.824. The van der Waals surface area contributed by atoms with Crippen LogP contribution < -0.4 is 5.73 Å². The van der Waals surface area contributed by atoms with Crippen molar-refractivity contribution in [3.8, 4) is 0 Å². The molecule has 3 rings (SSSR count). The normalized spacial score (nSPS) is 26.3. The number of hydrogen-bond donors (Lipinski definition) is 1. The Hall–Kier alpha value is -0.870. The summed E-state index contributed by atoms with van der Waals surface area (Å²) in [5, 5.41) is 4.66. The molecule has 2 heterocycles. The lowest BCUT2D eigenvalue weighted by Crippen LogP contribution is -2.41. The first kappa shape index (κ1) is 15.0. The Morgan fingerprint density at radius 2 is 2.19 bits per heavy atom. The zero-order chi connectivity index (χ0) is 14.9. The lowest BCUT2D eigenvalue weighted by atomic mass is 9.80. The van der Waals surface area contributed by atoms with Gasteiger partial charge in [0.1, 0.15) is 0 Å². The van der Waals surface area contributed by atoms with Gasteiger partial charge in [-0.15, -0.1) is 0 Å². The molecule has 0 radical (unpaired) electrons. The molecule has 4 nitrogen and oxygen atoms in total. The summed E-state index contributed by atoms with van der Waals surface area (Å²) in [7, 11) is 0. The molecule has 1 aromatic rings. The molecule has 0 aromatic carbocycles. The van der Waals surface area contributed by atoms with Crippen molar-refractivity contribution in [1.29, 1.82) is 0 Å². The van der Waals surface area contributed by atoms with Crippen LogP contribution in [0.2, 0.25) is 0 Å². The Morgan fingerprint density at radius 3 is 2.86 bits per heavy atom. The van der Waals surface area contributed by atoms with E-state index in [9.17, 15) is 0 Å². The first-order chi connectivity index (χ1) is 10.2. The molecule has 1 saturated heterocycles. The van der Waals surface area contributed by atoms with Gasteiger partial charge in [0.25, 0.3) is 0 Å². The quantitative estimate of drug-likeness (QED) is 0.926. The van der Waals surface area contributed by atoms with Gasteiger partial charge in [0.15, 0.2) is 0 Å². The Balaban J connectivity index is 1.77. The SMILES string of the molecule is CCc1cc(C(N)C2CCOC3(CCCC3)C2)n(CC)n1. The summed E-state index contributed by atoms with van der Waals surface area (Å²) >= 11 is 0. The first-order valence-electron chi connectivity index (χ1n) is 8.63. The summed E-state index contributed by atoms with van der Waals surface area (Å²) in [6.45, 7) is 6.07. The van der Waals surface area contributed by atoms with Crippen molar-refractivity contribution in [3.63, 3.8) is 0 Å². The van der Waals surface area contributed by atoms with E-state index >= 15 is 0 Å². The van der Waals surface area contributed by atoms with Crippen LogP contribution in [0.15, 0.2) is 6.07 Å². The van der Waals surface area contributed by atoms with E-state index in [4.69, 9.17) is 10.5 Å². The van der Waals surface area contributed by atoms with E-state index in [1.807, 2.05) is 0 Å². The molecule has 2 unspecified atom stereocenters. The topological polar surface area (TPSA) is 53.1 Å². The van der Waals surface area contributed by atoms with Crippen LogP contribution in [0.1, 0.15) is 69.8 Å². The molecule has 0 bridgehead atoms. The smallest absolute Gasteiger partial charge is 0.0686 e. The highest BCUT2D eigenvalue weighted by atomic mass is 16.5. The maximum Gasteiger partial charge on any atom is 0.0686 e. The lowest BCUT2D eigenvalue weighted by molar-refractivity contribution is -0.0967. The van der Waals surface area contributed by atoms with Crippen molar-refractivity contribution in [1.82, 2.24) is 9.78 Å². The predicted octanol–water partition coefficient (Wildman–Crippen LogP) is 3.20. The zero-order valence-electron chi connectivity index (χ0n) is 13.5. The highest BCUT2D eigenvalue weighted by molar-refractivity contribution is 5.16. The number of aryl methyl sites for hydroxylation is 2. The average Bonchev–Trinajstić information content (AvgIpc) is 3.13. The Labute approximate surface area is 128 Å². The minimum atomic E-state index is 0.0964. The third-order valence-electron chi connectivity index (χ3n) is 5.42. The third kappa shape index (κ3) is 2.88. The second kappa shape index (κ2) is 6.09. The summed E-state index contributed by atoms with van der Waals surface area (Å²) < 4.78 is 8.25. The minimum Gasteiger partial charge on any atom is -0.375 e. The van der Waals surface area contributed by atoms with Crippen molar-refractivity contribution in [2.75, 3.05) is 6.61 Å².